The Morgan fingerprint density at radius 3 is 2.07 bits per heavy atom. The number of para-hydroxylation sites is 1. The molecule has 5 nitrogen and oxygen atoms in total. The predicted molar refractivity (Wildman–Crippen MR) is 122 cm³/mol. The fourth-order valence-corrected chi connectivity index (χ4v) is 4.00. The smallest absolute Gasteiger partial charge is 0.392 e. The molecule has 1 aromatic carbocycles. The van der Waals surface area contributed by atoms with Crippen molar-refractivity contribution in [1.82, 2.24) is 4.57 Å². The molecule has 0 unspecified atom stereocenters. The minimum Gasteiger partial charge on any atom is -0.392 e. The number of aliphatic hydroxyl groups excluding tert-OH is 1. The molecule has 0 aliphatic carbocycles. The van der Waals surface area contributed by atoms with E-state index in [0.717, 1.165) is 29.3 Å². The minimum atomic E-state index is -0.567. The van der Waals surface area contributed by atoms with E-state index in [1.165, 1.54) is 68.8 Å². The lowest BCUT2D eigenvalue weighted by Gasteiger charge is -2.07. The molecule has 0 spiro atoms. The molecule has 1 heterocycles. The highest BCUT2D eigenvalue weighted by Crippen LogP contribution is 2.26. The maximum absolute atomic E-state index is 12.5. The summed E-state index contributed by atoms with van der Waals surface area (Å²) in [6, 6.07) is 7.49. The van der Waals surface area contributed by atoms with Gasteiger partial charge in [-0.2, -0.15) is 4.89 Å². The summed E-state index contributed by atoms with van der Waals surface area (Å²) in [6.45, 7) is 4.35. The molecule has 0 radical (unpaired) electrons. The SMILES string of the molecule is CCCCCCCCCCCCCCOOC(=O)n1c(C)c(CO)c2ccccc21. The lowest BCUT2D eigenvalue weighted by atomic mass is 10.1. The normalized spacial score (nSPS) is 11.3. The predicted octanol–water partition coefficient (Wildman–Crippen LogP) is 7.06. The Morgan fingerprint density at radius 2 is 1.47 bits per heavy atom. The molecule has 0 atom stereocenters. The zero-order chi connectivity index (χ0) is 21.6. The Hall–Kier alpha value is -1.85. The molecule has 0 saturated carbocycles. The Bertz CT molecular complexity index is 753. The highest BCUT2D eigenvalue weighted by molar-refractivity contribution is 5.93. The summed E-state index contributed by atoms with van der Waals surface area (Å²) < 4.78 is 1.46. The number of aromatic nitrogens is 1. The molecule has 0 saturated heterocycles. The van der Waals surface area contributed by atoms with Gasteiger partial charge < -0.3 is 5.11 Å². The van der Waals surface area contributed by atoms with E-state index >= 15 is 0 Å². The van der Waals surface area contributed by atoms with Gasteiger partial charge in [-0.1, -0.05) is 95.8 Å². The average Bonchev–Trinajstić information content (AvgIpc) is 3.04. The summed E-state index contributed by atoms with van der Waals surface area (Å²) in [5, 5.41) is 10.5. The second-order valence-corrected chi connectivity index (χ2v) is 8.13. The van der Waals surface area contributed by atoms with Gasteiger partial charge >= 0.3 is 6.09 Å². The van der Waals surface area contributed by atoms with E-state index in [4.69, 9.17) is 9.78 Å². The van der Waals surface area contributed by atoms with Gasteiger partial charge in [-0.25, -0.2) is 9.36 Å². The van der Waals surface area contributed by atoms with Crippen LogP contribution in [0.5, 0.6) is 0 Å². The van der Waals surface area contributed by atoms with Crippen molar-refractivity contribution in [1.29, 1.82) is 0 Å². The lowest BCUT2D eigenvalue weighted by Crippen LogP contribution is -2.16. The molecule has 2 aromatic rings. The number of unbranched alkanes of at least 4 members (excludes halogenated alkanes) is 11. The third kappa shape index (κ3) is 7.44. The van der Waals surface area contributed by atoms with Gasteiger partial charge in [0.05, 0.1) is 18.7 Å². The summed E-state index contributed by atoms with van der Waals surface area (Å²) in [6.07, 6.45) is 14.8. The number of carbonyl (C=O) groups is 1. The van der Waals surface area contributed by atoms with Crippen molar-refractivity contribution in [2.24, 2.45) is 0 Å². The first-order valence-corrected chi connectivity index (χ1v) is 11.7. The van der Waals surface area contributed by atoms with Crippen molar-refractivity contribution in [3.05, 3.63) is 35.5 Å². The van der Waals surface area contributed by atoms with E-state index in [1.54, 1.807) is 6.92 Å². The minimum absolute atomic E-state index is 0.119. The fourth-order valence-electron chi connectivity index (χ4n) is 4.00. The monoisotopic (exact) mass is 417 g/mol. The van der Waals surface area contributed by atoms with Gasteiger partial charge in [0.15, 0.2) is 0 Å². The second-order valence-electron chi connectivity index (χ2n) is 8.13. The highest BCUT2D eigenvalue weighted by Gasteiger charge is 2.19. The Balaban J connectivity index is 1.56. The van der Waals surface area contributed by atoms with Crippen LogP contribution in [0.25, 0.3) is 10.9 Å². The van der Waals surface area contributed by atoms with Gasteiger partial charge in [-0.05, 0) is 19.4 Å². The molecule has 0 bridgehead atoms. The molecule has 5 heteroatoms. The Labute approximate surface area is 181 Å². The van der Waals surface area contributed by atoms with Crippen LogP contribution in [0.2, 0.25) is 0 Å². The number of nitrogens with zero attached hydrogens (tertiary/aromatic N) is 1. The summed E-state index contributed by atoms with van der Waals surface area (Å²) in [5.41, 5.74) is 2.14. The molecule has 30 heavy (non-hydrogen) atoms. The molecular formula is C25H39NO4. The van der Waals surface area contributed by atoms with Gasteiger partial charge in [0.1, 0.15) is 0 Å². The molecular weight excluding hydrogens is 378 g/mol. The number of benzene rings is 1. The molecule has 0 amide bonds. The Morgan fingerprint density at radius 1 is 0.900 bits per heavy atom. The van der Waals surface area contributed by atoms with E-state index in [1.807, 2.05) is 24.3 Å². The van der Waals surface area contributed by atoms with E-state index in [-0.39, 0.29) is 6.61 Å². The van der Waals surface area contributed by atoms with Crippen LogP contribution in [0, 0.1) is 6.92 Å². The number of hydrogen-bond acceptors (Lipinski definition) is 4. The molecule has 0 fully saturated rings. The van der Waals surface area contributed by atoms with Crippen molar-refractivity contribution in [2.75, 3.05) is 6.61 Å². The Kier molecular flexibility index (Phi) is 11.6. The van der Waals surface area contributed by atoms with E-state index < -0.39 is 6.09 Å². The van der Waals surface area contributed by atoms with Crippen molar-refractivity contribution >= 4 is 17.0 Å². The molecule has 1 N–H and O–H groups in total. The van der Waals surface area contributed by atoms with Crippen LogP contribution in [-0.4, -0.2) is 22.4 Å². The van der Waals surface area contributed by atoms with Crippen LogP contribution in [0.4, 0.5) is 4.79 Å². The first-order chi connectivity index (χ1) is 14.7. The average molecular weight is 418 g/mol. The molecule has 0 aliphatic heterocycles. The molecule has 168 valence electrons. The summed E-state index contributed by atoms with van der Waals surface area (Å²) in [5.74, 6) is 0. The first-order valence-electron chi connectivity index (χ1n) is 11.7. The highest BCUT2D eigenvalue weighted by atomic mass is 17.2. The zero-order valence-corrected chi connectivity index (χ0v) is 18.8. The third-order valence-corrected chi connectivity index (χ3v) is 5.79. The second kappa shape index (κ2) is 14.2. The standard InChI is InChI=1S/C25H39NO4/c1-3-4-5-6-7-8-9-10-11-12-13-16-19-29-30-25(28)26-21(2)23(20-27)22-17-14-15-18-24(22)26/h14-15,17-18,27H,3-13,16,19-20H2,1-2H3. The van der Waals surface area contributed by atoms with Gasteiger partial charge in [0, 0.05) is 16.6 Å². The van der Waals surface area contributed by atoms with Crippen molar-refractivity contribution < 1.29 is 19.7 Å². The zero-order valence-electron chi connectivity index (χ0n) is 18.8. The number of carbonyl (C=O) groups excluding carboxylic acids is 1. The van der Waals surface area contributed by atoms with E-state index in [0.29, 0.717) is 12.3 Å². The van der Waals surface area contributed by atoms with Crippen molar-refractivity contribution in [2.45, 2.75) is 97.5 Å². The van der Waals surface area contributed by atoms with Crippen LogP contribution >= 0.6 is 0 Å². The van der Waals surface area contributed by atoms with E-state index in [2.05, 4.69) is 6.92 Å². The van der Waals surface area contributed by atoms with Crippen LogP contribution in [0.1, 0.15) is 95.2 Å². The molecule has 1 aromatic heterocycles. The lowest BCUT2D eigenvalue weighted by molar-refractivity contribution is -0.238. The quantitative estimate of drug-likeness (QED) is 0.191. The fraction of sp³-hybridized carbons (Fsp3) is 0.640. The largest absolute Gasteiger partial charge is 0.450 e. The maximum Gasteiger partial charge on any atom is 0.450 e. The first kappa shape index (κ1) is 24.4. The number of rotatable bonds is 15. The number of aliphatic hydroxyl groups is 1. The van der Waals surface area contributed by atoms with Gasteiger partial charge in [-0.3, -0.25) is 4.89 Å². The van der Waals surface area contributed by atoms with Crippen LogP contribution in [0.15, 0.2) is 24.3 Å². The third-order valence-electron chi connectivity index (χ3n) is 5.79. The van der Waals surface area contributed by atoms with Crippen LogP contribution in [0.3, 0.4) is 0 Å². The van der Waals surface area contributed by atoms with Gasteiger partial charge in [-0.15, -0.1) is 0 Å². The van der Waals surface area contributed by atoms with Crippen LogP contribution < -0.4 is 0 Å². The summed E-state index contributed by atoms with van der Waals surface area (Å²) in [7, 11) is 0. The van der Waals surface area contributed by atoms with Crippen molar-refractivity contribution in [3.8, 4) is 0 Å². The molecule has 2 rings (SSSR count). The number of fused-ring (bicyclic) bond motifs is 1. The molecule has 0 aliphatic rings. The maximum atomic E-state index is 12.5. The van der Waals surface area contributed by atoms with Crippen LogP contribution in [-0.2, 0) is 16.4 Å². The van der Waals surface area contributed by atoms with Gasteiger partial charge in [0.2, 0.25) is 0 Å². The van der Waals surface area contributed by atoms with Gasteiger partial charge in [0.25, 0.3) is 0 Å². The number of hydrogen-bond donors (Lipinski definition) is 1. The van der Waals surface area contributed by atoms with Crippen molar-refractivity contribution in [3.63, 3.8) is 0 Å². The topological polar surface area (TPSA) is 60.7 Å². The summed E-state index contributed by atoms with van der Waals surface area (Å²) >= 11 is 0. The van der Waals surface area contributed by atoms with E-state index in [9.17, 15) is 9.90 Å². The summed E-state index contributed by atoms with van der Waals surface area (Å²) in [4.78, 5) is 22.6.